The largest absolute Gasteiger partial charge is 0.399 e. The van der Waals surface area contributed by atoms with Crippen molar-refractivity contribution in [1.82, 2.24) is 4.90 Å². The van der Waals surface area contributed by atoms with Crippen LogP contribution in [0.4, 0.5) is 24.5 Å². The summed E-state index contributed by atoms with van der Waals surface area (Å²) in [7, 11) is 0. The van der Waals surface area contributed by atoms with E-state index in [2.05, 4.69) is 5.32 Å². The Bertz CT molecular complexity index is 872. The summed E-state index contributed by atoms with van der Waals surface area (Å²) >= 11 is 0. The van der Waals surface area contributed by atoms with Crippen molar-refractivity contribution < 1.29 is 22.8 Å². The number of halogens is 3. The van der Waals surface area contributed by atoms with Crippen LogP contribution < -0.4 is 11.1 Å². The van der Waals surface area contributed by atoms with E-state index in [9.17, 15) is 22.8 Å². The van der Waals surface area contributed by atoms with E-state index in [0.29, 0.717) is 29.3 Å². The van der Waals surface area contributed by atoms with Crippen molar-refractivity contribution in [2.24, 2.45) is 0 Å². The highest BCUT2D eigenvalue weighted by atomic mass is 19.2. The first-order valence-corrected chi connectivity index (χ1v) is 8.33. The molecule has 0 aliphatic heterocycles. The zero-order valence-corrected chi connectivity index (χ0v) is 15.0. The minimum Gasteiger partial charge on any atom is -0.399 e. The first-order valence-electron chi connectivity index (χ1n) is 8.33. The Kier molecular flexibility index (Phi) is 6.44. The Hall–Kier alpha value is -3.03. The van der Waals surface area contributed by atoms with E-state index in [-0.39, 0.29) is 13.1 Å². The molecule has 0 aliphatic carbocycles. The highest BCUT2D eigenvalue weighted by Crippen LogP contribution is 2.20. The van der Waals surface area contributed by atoms with Crippen LogP contribution in [0.25, 0.3) is 0 Å². The monoisotopic (exact) mass is 379 g/mol. The van der Waals surface area contributed by atoms with Gasteiger partial charge in [0.15, 0.2) is 17.5 Å². The van der Waals surface area contributed by atoms with Gasteiger partial charge in [0.2, 0.25) is 5.91 Å². The van der Waals surface area contributed by atoms with E-state index in [0.717, 1.165) is 6.07 Å². The van der Waals surface area contributed by atoms with Gasteiger partial charge in [0.25, 0.3) is 5.91 Å². The Morgan fingerprint density at radius 2 is 1.81 bits per heavy atom. The van der Waals surface area contributed by atoms with E-state index in [1.54, 1.807) is 19.1 Å². The lowest BCUT2D eigenvalue weighted by atomic mass is 10.1. The summed E-state index contributed by atoms with van der Waals surface area (Å²) in [6, 6.07) is 6.50. The fourth-order valence-corrected chi connectivity index (χ4v) is 2.55. The van der Waals surface area contributed by atoms with Crippen molar-refractivity contribution in [2.75, 3.05) is 24.1 Å². The molecule has 3 N–H and O–H groups in total. The highest BCUT2D eigenvalue weighted by molar-refractivity contribution is 6.00. The first-order chi connectivity index (χ1) is 12.7. The maximum absolute atomic E-state index is 13.7. The Morgan fingerprint density at radius 1 is 1.11 bits per heavy atom. The number of hydrogen-bond donors (Lipinski definition) is 2. The highest BCUT2D eigenvalue weighted by Gasteiger charge is 2.21. The zero-order valence-electron chi connectivity index (χ0n) is 15.0. The number of hydrogen-bond acceptors (Lipinski definition) is 3. The van der Waals surface area contributed by atoms with Crippen LogP contribution >= 0.6 is 0 Å². The number of carbonyl (C=O) groups excluding carboxylic acids is 2. The molecular formula is C19H20F3N3O2. The van der Waals surface area contributed by atoms with E-state index in [1.165, 1.54) is 11.0 Å². The van der Waals surface area contributed by atoms with Gasteiger partial charge in [-0.1, -0.05) is 13.0 Å². The molecule has 0 atom stereocenters. The number of amides is 2. The second kappa shape index (κ2) is 8.57. The van der Waals surface area contributed by atoms with E-state index in [4.69, 9.17) is 5.73 Å². The molecule has 144 valence electrons. The van der Waals surface area contributed by atoms with Crippen LogP contribution in [0, 0.1) is 24.4 Å². The molecule has 8 heteroatoms. The van der Waals surface area contributed by atoms with E-state index >= 15 is 0 Å². The number of nitrogens with one attached hydrogen (secondary N) is 1. The van der Waals surface area contributed by atoms with Gasteiger partial charge in [-0.05, 0) is 43.2 Å². The Morgan fingerprint density at radius 3 is 2.48 bits per heavy atom. The van der Waals surface area contributed by atoms with Crippen LogP contribution in [0.2, 0.25) is 0 Å². The quantitative estimate of drug-likeness (QED) is 0.596. The molecule has 0 spiro atoms. The van der Waals surface area contributed by atoms with Crippen LogP contribution in [0.1, 0.15) is 29.3 Å². The predicted molar refractivity (Wildman–Crippen MR) is 96.7 cm³/mol. The SMILES string of the molecule is CCCN(CC(=O)Nc1ccc(F)c(F)c1F)C(=O)c1cc(N)ccc1C. The minimum absolute atomic E-state index is 0.279. The first kappa shape index (κ1) is 20.3. The van der Waals surface area contributed by atoms with E-state index in [1.807, 2.05) is 6.92 Å². The summed E-state index contributed by atoms with van der Waals surface area (Å²) in [5.41, 5.74) is 6.69. The van der Waals surface area contributed by atoms with Gasteiger partial charge in [0.1, 0.15) is 6.54 Å². The fourth-order valence-electron chi connectivity index (χ4n) is 2.55. The Labute approximate surface area is 155 Å². The molecule has 0 saturated heterocycles. The second-order valence-electron chi connectivity index (χ2n) is 6.07. The molecule has 0 saturated carbocycles. The lowest BCUT2D eigenvalue weighted by Gasteiger charge is -2.23. The summed E-state index contributed by atoms with van der Waals surface area (Å²) in [6.45, 7) is 3.48. The third-order valence-corrected chi connectivity index (χ3v) is 3.92. The maximum Gasteiger partial charge on any atom is 0.254 e. The zero-order chi connectivity index (χ0) is 20.1. The molecule has 0 unspecified atom stereocenters. The standard InChI is InChI=1S/C19H20F3N3O2/c1-3-8-25(19(27)13-9-12(23)5-4-11(13)2)10-16(26)24-15-7-6-14(20)17(21)18(15)22/h4-7,9H,3,8,10,23H2,1-2H3,(H,24,26). The second-order valence-corrected chi connectivity index (χ2v) is 6.07. The van der Waals surface area contributed by atoms with Crippen LogP contribution in [-0.4, -0.2) is 29.8 Å². The van der Waals surface area contributed by atoms with Gasteiger partial charge < -0.3 is 16.0 Å². The van der Waals surface area contributed by atoms with Crippen molar-refractivity contribution in [1.29, 1.82) is 0 Å². The van der Waals surface area contributed by atoms with Crippen molar-refractivity contribution in [3.8, 4) is 0 Å². The molecule has 0 radical (unpaired) electrons. The molecule has 0 aromatic heterocycles. The topological polar surface area (TPSA) is 75.4 Å². The number of nitrogens with zero attached hydrogens (tertiary/aromatic N) is 1. The molecule has 27 heavy (non-hydrogen) atoms. The normalized spacial score (nSPS) is 10.6. The Balaban J connectivity index is 2.18. The third kappa shape index (κ3) is 4.78. The predicted octanol–water partition coefficient (Wildman–Crippen LogP) is 3.49. The van der Waals surface area contributed by atoms with Crippen molar-refractivity contribution in [3.63, 3.8) is 0 Å². The van der Waals surface area contributed by atoms with Gasteiger partial charge in [0.05, 0.1) is 5.69 Å². The lowest BCUT2D eigenvalue weighted by molar-refractivity contribution is -0.116. The van der Waals surface area contributed by atoms with Crippen molar-refractivity contribution in [2.45, 2.75) is 20.3 Å². The molecule has 0 heterocycles. The number of carbonyl (C=O) groups is 2. The number of nitrogens with two attached hydrogens (primary N) is 1. The van der Waals surface area contributed by atoms with Gasteiger partial charge >= 0.3 is 0 Å². The number of rotatable bonds is 6. The number of anilines is 2. The van der Waals surface area contributed by atoms with Crippen molar-refractivity contribution >= 4 is 23.2 Å². The third-order valence-electron chi connectivity index (χ3n) is 3.92. The molecule has 2 rings (SSSR count). The number of benzene rings is 2. The van der Waals surface area contributed by atoms with Gasteiger partial charge in [-0.25, -0.2) is 13.2 Å². The smallest absolute Gasteiger partial charge is 0.254 e. The van der Waals surface area contributed by atoms with Crippen LogP contribution in [0.15, 0.2) is 30.3 Å². The van der Waals surface area contributed by atoms with Gasteiger partial charge in [-0.3, -0.25) is 9.59 Å². The summed E-state index contributed by atoms with van der Waals surface area (Å²) in [4.78, 5) is 26.3. The molecule has 2 aromatic rings. The van der Waals surface area contributed by atoms with Gasteiger partial charge in [-0.2, -0.15) is 0 Å². The summed E-state index contributed by atoms with van der Waals surface area (Å²) in [5.74, 6) is -5.66. The number of aryl methyl sites for hydroxylation is 1. The van der Waals surface area contributed by atoms with Gasteiger partial charge in [-0.15, -0.1) is 0 Å². The molecule has 0 aliphatic rings. The fraction of sp³-hybridized carbons (Fsp3) is 0.263. The summed E-state index contributed by atoms with van der Waals surface area (Å²) < 4.78 is 40.0. The molecule has 0 fully saturated rings. The lowest BCUT2D eigenvalue weighted by Crippen LogP contribution is -2.39. The molecule has 0 bridgehead atoms. The summed E-state index contributed by atoms with van der Waals surface area (Å²) in [6.07, 6.45) is 0.583. The van der Waals surface area contributed by atoms with Crippen LogP contribution in [0.5, 0.6) is 0 Å². The minimum atomic E-state index is -1.68. The maximum atomic E-state index is 13.7. The van der Waals surface area contributed by atoms with Crippen LogP contribution in [-0.2, 0) is 4.79 Å². The number of nitrogen functional groups attached to an aromatic ring is 1. The molecule has 5 nitrogen and oxygen atoms in total. The van der Waals surface area contributed by atoms with Crippen LogP contribution in [0.3, 0.4) is 0 Å². The molecule has 2 aromatic carbocycles. The van der Waals surface area contributed by atoms with Gasteiger partial charge in [0, 0.05) is 17.8 Å². The average Bonchev–Trinajstić information content (AvgIpc) is 2.63. The molecular weight excluding hydrogens is 359 g/mol. The van der Waals surface area contributed by atoms with Crippen molar-refractivity contribution in [3.05, 3.63) is 58.9 Å². The molecule has 2 amide bonds. The van der Waals surface area contributed by atoms with E-state index < -0.39 is 35.0 Å². The average molecular weight is 379 g/mol. The summed E-state index contributed by atoms with van der Waals surface area (Å²) in [5, 5.41) is 2.16.